The van der Waals surface area contributed by atoms with Crippen LogP contribution < -0.4 is 14.8 Å². The number of alkyl halides is 2. The van der Waals surface area contributed by atoms with Crippen molar-refractivity contribution in [2.45, 2.75) is 25.2 Å². The molecule has 0 aromatic heterocycles. The SMILES string of the molecule is CC1(c2ccc(OC(F)F)cc2)NC(=O)N(CC(O)COc2ccc(Cl)cc2)C1=O. The molecule has 0 spiro atoms. The number of rotatable bonds is 8. The first kappa shape index (κ1) is 21.8. The Hall–Kier alpha value is -2.91. The second-order valence-electron chi connectivity index (χ2n) is 6.79. The number of imide groups is 1. The van der Waals surface area contributed by atoms with Gasteiger partial charge in [-0.2, -0.15) is 8.78 Å². The maximum atomic E-state index is 12.9. The predicted octanol–water partition coefficient (Wildman–Crippen LogP) is 3.15. The van der Waals surface area contributed by atoms with Gasteiger partial charge in [0.1, 0.15) is 29.7 Å². The molecule has 1 aliphatic heterocycles. The van der Waals surface area contributed by atoms with E-state index in [0.717, 1.165) is 4.90 Å². The van der Waals surface area contributed by atoms with Crippen LogP contribution in [0.2, 0.25) is 5.02 Å². The first-order valence-corrected chi connectivity index (χ1v) is 9.33. The van der Waals surface area contributed by atoms with Crippen molar-refractivity contribution in [3.05, 3.63) is 59.1 Å². The number of nitrogens with zero attached hydrogens (tertiary/aromatic N) is 1. The van der Waals surface area contributed by atoms with Gasteiger partial charge in [-0.1, -0.05) is 23.7 Å². The molecule has 1 fully saturated rings. The number of β-amino-alcohol motifs (C(OH)–C–C–N with tert-alkyl or cyclic N) is 1. The van der Waals surface area contributed by atoms with Gasteiger partial charge in [0, 0.05) is 5.02 Å². The molecule has 3 amide bonds. The third-order valence-corrected chi connectivity index (χ3v) is 4.83. The van der Waals surface area contributed by atoms with Crippen LogP contribution in [0, 0.1) is 0 Å². The van der Waals surface area contributed by atoms with Crippen molar-refractivity contribution in [2.24, 2.45) is 0 Å². The van der Waals surface area contributed by atoms with Crippen LogP contribution in [0.15, 0.2) is 48.5 Å². The molecule has 1 aliphatic rings. The summed E-state index contributed by atoms with van der Waals surface area (Å²) in [6, 6.07) is 11.2. The summed E-state index contributed by atoms with van der Waals surface area (Å²) in [6.45, 7) is -1.89. The van der Waals surface area contributed by atoms with E-state index in [1.54, 1.807) is 24.3 Å². The third-order valence-electron chi connectivity index (χ3n) is 4.58. The highest BCUT2D eigenvalue weighted by atomic mass is 35.5. The van der Waals surface area contributed by atoms with Crippen molar-refractivity contribution in [2.75, 3.05) is 13.2 Å². The van der Waals surface area contributed by atoms with Gasteiger partial charge in [-0.05, 0) is 48.9 Å². The molecular formula is C20H19ClF2N2O5. The Bertz CT molecular complexity index is 910. The molecule has 2 aromatic carbocycles. The van der Waals surface area contributed by atoms with E-state index in [-0.39, 0.29) is 18.9 Å². The summed E-state index contributed by atoms with van der Waals surface area (Å²) >= 11 is 5.79. The van der Waals surface area contributed by atoms with E-state index in [4.69, 9.17) is 16.3 Å². The Labute approximate surface area is 176 Å². The minimum atomic E-state index is -2.97. The lowest BCUT2D eigenvalue weighted by Crippen LogP contribution is -2.42. The highest BCUT2D eigenvalue weighted by Crippen LogP contribution is 2.30. The Kier molecular flexibility index (Phi) is 6.42. The lowest BCUT2D eigenvalue weighted by Gasteiger charge is -2.23. The zero-order valence-electron chi connectivity index (χ0n) is 15.8. The second-order valence-corrected chi connectivity index (χ2v) is 7.23. The van der Waals surface area contributed by atoms with Gasteiger partial charge in [0.25, 0.3) is 5.91 Å². The molecule has 3 rings (SSSR count). The van der Waals surface area contributed by atoms with Gasteiger partial charge in [-0.3, -0.25) is 9.69 Å². The molecule has 2 atom stereocenters. The normalized spacial score (nSPS) is 19.7. The lowest BCUT2D eigenvalue weighted by atomic mass is 9.92. The zero-order chi connectivity index (χ0) is 21.9. The Morgan fingerprint density at radius 1 is 1.10 bits per heavy atom. The van der Waals surface area contributed by atoms with E-state index in [2.05, 4.69) is 10.1 Å². The highest BCUT2D eigenvalue weighted by molar-refractivity contribution is 6.30. The van der Waals surface area contributed by atoms with E-state index in [0.29, 0.717) is 16.3 Å². The number of urea groups is 1. The second kappa shape index (κ2) is 8.85. The average Bonchev–Trinajstić information content (AvgIpc) is 2.91. The highest BCUT2D eigenvalue weighted by Gasteiger charge is 2.49. The maximum Gasteiger partial charge on any atom is 0.387 e. The number of carbonyl (C=O) groups is 2. The number of ether oxygens (including phenoxy) is 2. The molecule has 2 aromatic rings. The Morgan fingerprint density at radius 3 is 2.30 bits per heavy atom. The van der Waals surface area contributed by atoms with Crippen LogP contribution in [0.3, 0.4) is 0 Å². The molecule has 0 radical (unpaired) electrons. The molecular weight excluding hydrogens is 422 g/mol. The monoisotopic (exact) mass is 440 g/mol. The van der Waals surface area contributed by atoms with Crippen LogP contribution >= 0.6 is 11.6 Å². The summed E-state index contributed by atoms with van der Waals surface area (Å²) in [4.78, 5) is 26.1. The molecule has 2 unspecified atom stereocenters. The first-order valence-electron chi connectivity index (χ1n) is 8.95. The van der Waals surface area contributed by atoms with Gasteiger partial charge in [0.05, 0.1) is 6.54 Å². The number of aliphatic hydroxyl groups excluding tert-OH is 1. The van der Waals surface area contributed by atoms with E-state index in [1.165, 1.54) is 31.2 Å². The van der Waals surface area contributed by atoms with Gasteiger partial charge in [0.15, 0.2) is 0 Å². The molecule has 1 saturated heterocycles. The van der Waals surface area contributed by atoms with Gasteiger partial charge >= 0.3 is 12.6 Å². The smallest absolute Gasteiger partial charge is 0.387 e. The average molecular weight is 441 g/mol. The van der Waals surface area contributed by atoms with Crippen molar-refractivity contribution in [1.29, 1.82) is 0 Å². The number of benzene rings is 2. The molecule has 2 N–H and O–H groups in total. The van der Waals surface area contributed by atoms with Crippen LogP contribution in [0.4, 0.5) is 13.6 Å². The summed E-state index contributed by atoms with van der Waals surface area (Å²) < 4.78 is 34.3. The number of carbonyl (C=O) groups excluding carboxylic acids is 2. The fraction of sp³-hybridized carbons (Fsp3) is 0.300. The van der Waals surface area contributed by atoms with Gasteiger partial charge in [-0.25, -0.2) is 4.79 Å². The Morgan fingerprint density at radius 2 is 1.70 bits per heavy atom. The van der Waals surface area contributed by atoms with E-state index >= 15 is 0 Å². The minimum absolute atomic E-state index is 0.0688. The third kappa shape index (κ3) is 4.80. The molecule has 0 saturated carbocycles. The molecule has 0 bridgehead atoms. The van der Waals surface area contributed by atoms with E-state index in [9.17, 15) is 23.5 Å². The van der Waals surface area contributed by atoms with E-state index < -0.39 is 30.2 Å². The summed E-state index contributed by atoms with van der Waals surface area (Å²) in [5, 5.41) is 13.3. The number of nitrogens with one attached hydrogen (secondary N) is 1. The van der Waals surface area contributed by atoms with Crippen molar-refractivity contribution >= 4 is 23.5 Å². The quantitative estimate of drug-likeness (QED) is 0.616. The van der Waals surface area contributed by atoms with Crippen LogP contribution in [-0.4, -0.2) is 47.8 Å². The summed E-state index contributed by atoms with van der Waals surface area (Å²) in [5.74, 6) is -0.173. The maximum absolute atomic E-state index is 12.9. The van der Waals surface area contributed by atoms with Crippen LogP contribution in [-0.2, 0) is 10.3 Å². The number of hydrogen-bond donors (Lipinski definition) is 2. The number of halogens is 3. The number of hydrogen-bond acceptors (Lipinski definition) is 5. The summed E-state index contributed by atoms with van der Waals surface area (Å²) in [7, 11) is 0. The standard InChI is InChI=1S/C20H19ClF2N2O5/c1-20(12-2-6-16(7-3-12)30-18(22)23)17(27)25(19(28)24-20)10-14(26)11-29-15-8-4-13(21)5-9-15/h2-9,14,18,26H,10-11H2,1H3,(H,24,28). The molecule has 1 heterocycles. The predicted molar refractivity (Wildman–Crippen MR) is 104 cm³/mol. The van der Waals surface area contributed by atoms with Crippen LogP contribution in [0.1, 0.15) is 12.5 Å². The van der Waals surface area contributed by atoms with E-state index in [1.807, 2.05) is 0 Å². The molecule has 10 heteroatoms. The first-order chi connectivity index (χ1) is 14.2. The topological polar surface area (TPSA) is 88.1 Å². The van der Waals surface area contributed by atoms with Gasteiger partial charge in [-0.15, -0.1) is 0 Å². The largest absolute Gasteiger partial charge is 0.491 e. The number of amides is 3. The van der Waals surface area contributed by atoms with Gasteiger partial charge in [0.2, 0.25) is 0 Å². The molecule has 30 heavy (non-hydrogen) atoms. The van der Waals surface area contributed by atoms with Crippen molar-refractivity contribution in [3.8, 4) is 11.5 Å². The molecule has 160 valence electrons. The van der Waals surface area contributed by atoms with Crippen LogP contribution in [0.25, 0.3) is 0 Å². The number of aliphatic hydroxyl groups is 1. The minimum Gasteiger partial charge on any atom is -0.491 e. The van der Waals surface area contributed by atoms with Crippen molar-refractivity contribution < 1.29 is 33.0 Å². The molecule has 0 aliphatic carbocycles. The zero-order valence-corrected chi connectivity index (χ0v) is 16.6. The summed E-state index contributed by atoms with van der Waals surface area (Å²) in [5.41, 5.74) is -1.02. The van der Waals surface area contributed by atoms with Gasteiger partial charge < -0.3 is 19.9 Å². The van der Waals surface area contributed by atoms with Crippen molar-refractivity contribution in [3.63, 3.8) is 0 Å². The Balaban J connectivity index is 1.63. The lowest BCUT2D eigenvalue weighted by molar-refractivity contribution is -0.132. The molecule has 7 nitrogen and oxygen atoms in total. The van der Waals surface area contributed by atoms with Crippen LogP contribution in [0.5, 0.6) is 11.5 Å². The van der Waals surface area contributed by atoms with Crippen molar-refractivity contribution in [1.82, 2.24) is 10.2 Å². The fourth-order valence-electron chi connectivity index (χ4n) is 3.01. The summed E-state index contributed by atoms with van der Waals surface area (Å²) in [6.07, 6.45) is -1.13. The fourth-order valence-corrected chi connectivity index (χ4v) is 3.14.